The average molecular weight is 880 g/mol. The molecule has 1 aromatic heterocycles. The summed E-state index contributed by atoms with van der Waals surface area (Å²) in [7, 11) is 0. The molecular weight excluding hydrogens is 835 g/mol. The van der Waals surface area contributed by atoms with Crippen molar-refractivity contribution in [3.8, 4) is 55.6 Å². The van der Waals surface area contributed by atoms with Crippen LogP contribution in [0.4, 0.5) is 17.1 Å². The van der Waals surface area contributed by atoms with Gasteiger partial charge < -0.3 is 9.32 Å². The molecule has 2 nitrogen and oxygen atoms in total. The minimum absolute atomic E-state index is 0.474. The summed E-state index contributed by atoms with van der Waals surface area (Å²) in [6.07, 6.45) is 0. The topological polar surface area (TPSA) is 16.4 Å². The quantitative estimate of drug-likeness (QED) is 0.144. The van der Waals surface area contributed by atoms with Crippen LogP contribution in [0, 0.1) is 0 Å². The number of fused-ring (bicyclic) bond motifs is 6. The molecule has 0 saturated carbocycles. The number of rotatable bonds is 9. The Labute approximate surface area is 402 Å². The van der Waals surface area contributed by atoms with E-state index < -0.39 is 5.41 Å². The van der Waals surface area contributed by atoms with Crippen molar-refractivity contribution in [3.05, 3.63) is 295 Å². The first-order valence-corrected chi connectivity index (χ1v) is 23.7. The largest absolute Gasteiger partial charge is 0.456 e. The van der Waals surface area contributed by atoms with Crippen LogP contribution in [-0.4, -0.2) is 0 Å². The molecule has 0 radical (unpaired) electrons. The lowest BCUT2D eigenvalue weighted by atomic mass is 9.67. The molecule has 69 heavy (non-hydrogen) atoms. The van der Waals surface area contributed by atoms with E-state index in [0.717, 1.165) is 55.7 Å². The fourth-order valence-electron chi connectivity index (χ4n) is 11.1. The van der Waals surface area contributed by atoms with Gasteiger partial charge in [-0.25, -0.2) is 0 Å². The van der Waals surface area contributed by atoms with E-state index >= 15 is 0 Å². The Morgan fingerprint density at radius 3 is 1.48 bits per heavy atom. The number of para-hydroxylation sites is 2. The third-order valence-electron chi connectivity index (χ3n) is 14.2. The molecule has 0 aliphatic heterocycles. The Morgan fingerprint density at radius 2 is 0.768 bits per heavy atom. The highest BCUT2D eigenvalue weighted by Crippen LogP contribution is 2.57. The van der Waals surface area contributed by atoms with Crippen LogP contribution < -0.4 is 4.90 Å². The van der Waals surface area contributed by atoms with E-state index in [-0.39, 0.29) is 0 Å². The first kappa shape index (κ1) is 40.3. The molecule has 13 rings (SSSR count). The third-order valence-corrected chi connectivity index (χ3v) is 14.2. The minimum Gasteiger partial charge on any atom is -0.456 e. The fraction of sp³-hybridized carbons (Fsp3) is 0.0149. The van der Waals surface area contributed by atoms with Crippen LogP contribution >= 0.6 is 0 Å². The van der Waals surface area contributed by atoms with Crippen molar-refractivity contribution in [2.75, 3.05) is 4.90 Å². The van der Waals surface area contributed by atoms with Gasteiger partial charge in [-0.2, -0.15) is 0 Å². The summed E-state index contributed by atoms with van der Waals surface area (Å²) in [4.78, 5) is 2.39. The molecule has 0 fully saturated rings. The highest BCUT2D eigenvalue weighted by atomic mass is 16.3. The molecule has 2 heteroatoms. The van der Waals surface area contributed by atoms with Gasteiger partial charge in [-0.05, 0) is 115 Å². The van der Waals surface area contributed by atoms with Crippen molar-refractivity contribution in [2.24, 2.45) is 0 Å². The number of furan rings is 1. The van der Waals surface area contributed by atoms with Crippen molar-refractivity contribution in [2.45, 2.75) is 5.41 Å². The van der Waals surface area contributed by atoms with Gasteiger partial charge in [0.25, 0.3) is 0 Å². The molecule has 12 aromatic rings. The zero-order valence-electron chi connectivity index (χ0n) is 37.8. The Bertz CT molecular complexity index is 3790. The monoisotopic (exact) mass is 879 g/mol. The molecule has 0 unspecified atom stereocenters. The summed E-state index contributed by atoms with van der Waals surface area (Å²) in [6, 6.07) is 99.2. The third kappa shape index (κ3) is 6.64. The number of hydrogen-bond donors (Lipinski definition) is 0. The Hall–Kier alpha value is -8.98. The number of hydrogen-bond acceptors (Lipinski definition) is 2. The maximum atomic E-state index is 6.55. The molecule has 1 aliphatic rings. The zero-order chi connectivity index (χ0) is 45.7. The highest BCUT2D eigenvalue weighted by molar-refractivity contribution is 6.06. The predicted octanol–water partition coefficient (Wildman–Crippen LogP) is 18.1. The molecule has 324 valence electrons. The summed E-state index contributed by atoms with van der Waals surface area (Å²) in [6.45, 7) is 0. The number of nitrogens with zero attached hydrogens (tertiary/aromatic N) is 1. The van der Waals surface area contributed by atoms with Gasteiger partial charge in [0.2, 0.25) is 0 Å². The molecule has 0 atom stereocenters. The maximum absolute atomic E-state index is 6.55. The minimum atomic E-state index is -0.474. The summed E-state index contributed by atoms with van der Waals surface area (Å²) in [5.74, 6) is 0. The van der Waals surface area contributed by atoms with Crippen LogP contribution in [0.2, 0.25) is 0 Å². The Morgan fingerprint density at radius 1 is 0.275 bits per heavy atom. The average Bonchev–Trinajstić information content (AvgIpc) is 3.95. The van der Waals surface area contributed by atoms with Crippen LogP contribution in [0.1, 0.15) is 22.3 Å². The summed E-state index contributed by atoms with van der Waals surface area (Å²) in [5.41, 5.74) is 21.4. The lowest BCUT2D eigenvalue weighted by Crippen LogP contribution is -2.28. The first-order chi connectivity index (χ1) is 34.2. The summed E-state index contributed by atoms with van der Waals surface area (Å²) < 4.78 is 6.55. The second-order valence-electron chi connectivity index (χ2n) is 17.9. The molecule has 1 heterocycles. The van der Waals surface area contributed by atoms with Gasteiger partial charge in [-0.3, -0.25) is 0 Å². The van der Waals surface area contributed by atoms with Crippen molar-refractivity contribution >= 4 is 39.0 Å². The normalized spacial score (nSPS) is 12.5. The molecule has 0 amide bonds. The van der Waals surface area contributed by atoms with Gasteiger partial charge in [0.15, 0.2) is 0 Å². The molecular formula is C67H45NO. The van der Waals surface area contributed by atoms with E-state index in [2.05, 4.69) is 266 Å². The first-order valence-electron chi connectivity index (χ1n) is 23.7. The van der Waals surface area contributed by atoms with Crippen LogP contribution in [0.25, 0.3) is 77.6 Å². The molecule has 0 saturated heterocycles. The molecule has 11 aromatic carbocycles. The summed E-state index contributed by atoms with van der Waals surface area (Å²) in [5, 5.41) is 2.21. The molecule has 0 N–H and O–H groups in total. The SMILES string of the molecule is c1ccc(-c2ccccc2-c2ccccc2-c2ccccc2N(c2ccc(-c3ccc4c(c3)C(c3ccccc3)(c3ccccc3)c3ccccc3-4)cc2)c2ccc3c(c2)oc2ccccc23)cc1. The van der Waals surface area contributed by atoms with Gasteiger partial charge >= 0.3 is 0 Å². The fourth-order valence-corrected chi connectivity index (χ4v) is 11.1. The van der Waals surface area contributed by atoms with Crippen molar-refractivity contribution in [1.82, 2.24) is 0 Å². The van der Waals surface area contributed by atoms with Crippen molar-refractivity contribution in [1.29, 1.82) is 0 Å². The Kier molecular flexibility index (Phi) is 9.77. The van der Waals surface area contributed by atoms with Gasteiger partial charge in [0.1, 0.15) is 11.2 Å². The second-order valence-corrected chi connectivity index (χ2v) is 17.9. The zero-order valence-corrected chi connectivity index (χ0v) is 37.8. The van der Waals surface area contributed by atoms with Crippen LogP contribution in [0.15, 0.2) is 277 Å². The molecule has 1 aliphatic carbocycles. The van der Waals surface area contributed by atoms with Gasteiger partial charge in [-0.1, -0.05) is 224 Å². The van der Waals surface area contributed by atoms with Crippen LogP contribution in [0.3, 0.4) is 0 Å². The van der Waals surface area contributed by atoms with E-state index in [9.17, 15) is 0 Å². The maximum Gasteiger partial charge on any atom is 0.137 e. The van der Waals surface area contributed by atoms with E-state index in [1.165, 1.54) is 61.2 Å². The van der Waals surface area contributed by atoms with E-state index in [1.807, 2.05) is 12.1 Å². The van der Waals surface area contributed by atoms with Gasteiger partial charge in [0, 0.05) is 33.8 Å². The summed E-state index contributed by atoms with van der Waals surface area (Å²) >= 11 is 0. The number of benzene rings is 11. The number of anilines is 3. The Balaban J connectivity index is 0.972. The van der Waals surface area contributed by atoms with E-state index in [0.29, 0.717) is 0 Å². The standard InChI is InChI=1S/C67H45NO/c1-4-20-47(21-5-1)53-26-10-11-27-54(53)55-28-12-13-29-56(55)59-31-15-18-34-64(59)68(52-41-43-61-60-32-16-19-35-65(60)69-66(61)45-52)51-39-36-46(37-40-51)48-38-42-58-57-30-14-17-33-62(57)67(63(58)44-48,49-22-6-2-7-23-49)50-24-8-3-9-25-50/h1-45H. The predicted molar refractivity (Wildman–Crippen MR) is 287 cm³/mol. The van der Waals surface area contributed by atoms with Crippen LogP contribution in [0.5, 0.6) is 0 Å². The highest BCUT2D eigenvalue weighted by Gasteiger charge is 2.46. The van der Waals surface area contributed by atoms with Crippen molar-refractivity contribution < 1.29 is 4.42 Å². The van der Waals surface area contributed by atoms with Gasteiger partial charge in [-0.15, -0.1) is 0 Å². The lowest BCUT2D eigenvalue weighted by molar-refractivity contribution is 0.669. The van der Waals surface area contributed by atoms with E-state index in [1.54, 1.807) is 0 Å². The smallest absolute Gasteiger partial charge is 0.137 e. The molecule has 0 spiro atoms. The van der Waals surface area contributed by atoms with Gasteiger partial charge in [0.05, 0.1) is 11.1 Å². The molecule has 0 bridgehead atoms. The van der Waals surface area contributed by atoms with E-state index in [4.69, 9.17) is 4.42 Å². The van der Waals surface area contributed by atoms with Crippen LogP contribution in [-0.2, 0) is 5.41 Å². The second kappa shape index (κ2) is 16.7. The lowest BCUT2D eigenvalue weighted by Gasteiger charge is -2.34. The van der Waals surface area contributed by atoms with Crippen molar-refractivity contribution in [3.63, 3.8) is 0 Å².